The number of anilines is 1. The molecule has 0 saturated heterocycles. The molecule has 1 N–H and O–H groups in total. The molecule has 146 valence electrons. The topological polar surface area (TPSA) is 59.8 Å². The Kier molecular flexibility index (Phi) is 7.59. The van der Waals surface area contributed by atoms with Crippen molar-refractivity contribution < 1.29 is 4.79 Å². The number of benzene rings is 1. The lowest BCUT2D eigenvalue weighted by Gasteiger charge is -2.21. The van der Waals surface area contributed by atoms with Gasteiger partial charge in [-0.2, -0.15) is 0 Å². The molecule has 1 amide bonds. The van der Waals surface area contributed by atoms with Crippen molar-refractivity contribution in [1.29, 1.82) is 0 Å². The summed E-state index contributed by atoms with van der Waals surface area (Å²) in [6.45, 7) is 2.92. The maximum atomic E-state index is 12.2. The maximum absolute atomic E-state index is 12.2. The van der Waals surface area contributed by atoms with E-state index in [-0.39, 0.29) is 11.7 Å². The molecule has 7 heteroatoms. The van der Waals surface area contributed by atoms with Crippen molar-refractivity contribution in [3.63, 3.8) is 0 Å². The van der Waals surface area contributed by atoms with E-state index >= 15 is 0 Å². The van der Waals surface area contributed by atoms with Gasteiger partial charge in [0.2, 0.25) is 5.91 Å². The normalized spacial score (nSPS) is 15.0. The SMILES string of the molecule is CCn1c(CCC2CCCCC2)nnc1SCC(=O)Nc1ccccc1Cl. The van der Waals surface area contributed by atoms with E-state index in [0.29, 0.717) is 10.7 Å². The van der Waals surface area contributed by atoms with Crippen LogP contribution in [0.2, 0.25) is 5.02 Å². The number of rotatable bonds is 8. The predicted molar refractivity (Wildman–Crippen MR) is 111 cm³/mol. The van der Waals surface area contributed by atoms with E-state index in [4.69, 9.17) is 11.6 Å². The van der Waals surface area contributed by atoms with Crippen LogP contribution < -0.4 is 5.32 Å². The quantitative estimate of drug-likeness (QED) is 0.612. The summed E-state index contributed by atoms with van der Waals surface area (Å²) in [6, 6.07) is 7.24. The molecule has 0 radical (unpaired) electrons. The molecular formula is C20H27ClN4OS. The highest BCUT2D eigenvalue weighted by Gasteiger charge is 2.17. The van der Waals surface area contributed by atoms with Crippen molar-refractivity contribution in [3.05, 3.63) is 35.1 Å². The van der Waals surface area contributed by atoms with Gasteiger partial charge in [0.15, 0.2) is 5.16 Å². The minimum Gasteiger partial charge on any atom is -0.324 e. The van der Waals surface area contributed by atoms with Crippen LogP contribution in [0.1, 0.15) is 51.3 Å². The van der Waals surface area contributed by atoms with E-state index in [1.54, 1.807) is 12.1 Å². The second kappa shape index (κ2) is 10.1. The van der Waals surface area contributed by atoms with Gasteiger partial charge in [-0.25, -0.2) is 0 Å². The third-order valence-corrected chi connectivity index (χ3v) is 6.39. The Morgan fingerprint density at radius 1 is 1.26 bits per heavy atom. The molecule has 1 aromatic heterocycles. The molecule has 1 aliphatic rings. The number of para-hydroxylation sites is 1. The number of carbonyl (C=O) groups excluding carboxylic acids is 1. The maximum Gasteiger partial charge on any atom is 0.234 e. The van der Waals surface area contributed by atoms with Crippen molar-refractivity contribution in [2.75, 3.05) is 11.1 Å². The van der Waals surface area contributed by atoms with Crippen molar-refractivity contribution in [2.45, 2.75) is 63.6 Å². The molecule has 5 nitrogen and oxygen atoms in total. The predicted octanol–water partition coefficient (Wildman–Crippen LogP) is 5.20. The Morgan fingerprint density at radius 3 is 2.78 bits per heavy atom. The Hall–Kier alpha value is -1.53. The minimum absolute atomic E-state index is 0.0949. The van der Waals surface area contributed by atoms with Gasteiger partial charge in [0.25, 0.3) is 0 Å². The number of thioether (sulfide) groups is 1. The summed E-state index contributed by atoms with van der Waals surface area (Å²) in [5, 5.41) is 12.9. The summed E-state index contributed by atoms with van der Waals surface area (Å²) < 4.78 is 2.14. The molecule has 1 heterocycles. The lowest BCUT2D eigenvalue weighted by Crippen LogP contribution is -2.15. The average molecular weight is 407 g/mol. The van der Waals surface area contributed by atoms with Gasteiger partial charge in [0.1, 0.15) is 5.82 Å². The molecular weight excluding hydrogens is 380 g/mol. The number of carbonyl (C=O) groups is 1. The largest absolute Gasteiger partial charge is 0.324 e. The van der Waals surface area contributed by atoms with Gasteiger partial charge < -0.3 is 9.88 Å². The van der Waals surface area contributed by atoms with Crippen molar-refractivity contribution in [3.8, 4) is 0 Å². The van der Waals surface area contributed by atoms with E-state index in [1.807, 2.05) is 12.1 Å². The molecule has 3 rings (SSSR count). The van der Waals surface area contributed by atoms with E-state index < -0.39 is 0 Å². The Labute approximate surface area is 170 Å². The van der Waals surface area contributed by atoms with Crippen LogP contribution in [0.25, 0.3) is 0 Å². The molecule has 1 fully saturated rings. The second-order valence-corrected chi connectivity index (χ2v) is 8.35. The van der Waals surface area contributed by atoms with Crippen LogP contribution in [-0.2, 0) is 17.8 Å². The van der Waals surface area contributed by atoms with Gasteiger partial charge in [0, 0.05) is 13.0 Å². The van der Waals surface area contributed by atoms with Crippen molar-refractivity contribution in [2.24, 2.45) is 5.92 Å². The van der Waals surface area contributed by atoms with Crippen molar-refractivity contribution >= 4 is 35.0 Å². The number of hydrogen-bond donors (Lipinski definition) is 1. The first-order valence-corrected chi connectivity index (χ1v) is 11.1. The molecule has 1 aromatic carbocycles. The highest BCUT2D eigenvalue weighted by Crippen LogP contribution is 2.28. The fourth-order valence-electron chi connectivity index (χ4n) is 3.62. The van der Waals surface area contributed by atoms with Crippen LogP contribution in [0.5, 0.6) is 0 Å². The van der Waals surface area contributed by atoms with Gasteiger partial charge >= 0.3 is 0 Å². The lowest BCUT2D eigenvalue weighted by molar-refractivity contribution is -0.113. The van der Waals surface area contributed by atoms with Gasteiger partial charge in [-0.1, -0.05) is 67.6 Å². The molecule has 0 unspecified atom stereocenters. The number of halogens is 1. The molecule has 2 aromatic rings. The lowest BCUT2D eigenvalue weighted by atomic mass is 9.86. The van der Waals surface area contributed by atoms with Crippen LogP contribution in [0, 0.1) is 5.92 Å². The summed E-state index contributed by atoms with van der Waals surface area (Å²) in [4.78, 5) is 12.2. The number of amides is 1. The highest BCUT2D eigenvalue weighted by atomic mass is 35.5. The van der Waals surface area contributed by atoms with Gasteiger partial charge in [0.05, 0.1) is 16.5 Å². The fraction of sp³-hybridized carbons (Fsp3) is 0.550. The minimum atomic E-state index is -0.0949. The third-order valence-electron chi connectivity index (χ3n) is 5.09. The summed E-state index contributed by atoms with van der Waals surface area (Å²) in [5.41, 5.74) is 0.634. The van der Waals surface area contributed by atoms with Crippen LogP contribution in [0.15, 0.2) is 29.4 Å². The van der Waals surface area contributed by atoms with E-state index in [2.05, 4.69) is 27.0 Å². The molecule has 1 aliphatic carbocycles. The Morgan fingerprint density at radius 2 is 2.04 bits per heavy atom. The van der Waals surface area contributed by atoms with E-state index in [0.717, 1.165) is 29.9 Å². The zero-order valence-electron chi connectivity index (χ0n) is 15.8. The van der Waals surface area contributed by atoms with Crippen LogP contribution >= 0.6 is 23.4 Å². The van der Waals surface area contributed by atoms with Gasteiger partial charge in [-0.05, 0) is 31.4 Å². The molecule has 0 atom stereocenters. The summed E-state index contributed by atoms with van der Waals surface area (Å²) in [5.74, 6) is 2.06. The molecule has 1 saturated carbocycles. The number of aromatic nitrogens is 3. The highest BCUT2D eigenvalue weighted by molar-refractivity contribution is 7.99. The molecule has 0 spiro atoms. The second-order valence-electron chi connectivity index (χ2n) is 7.00. The molecule has 27 heavy (non-hydrogen) atoms. The number of nitrogens with zero attached hydrogens (tertiary/aromatic N) is 3. The smallest absolute Gasteiger partial charge is 0.234 e. The summed E-state index contributed by atoms with van der Waals surface area (Å²) in [6.07, 6.45) is 8.99. The first-order valence-electron chi connectivity index (χ1n) is 9.76. The van der Waals surface area contributed by atoms with Crippen LogP contribution in [0.4, 0.5) is 5.69 Å². The standard InChI is InChI=1S/C20H27ClN4OS/c1-2-25-18(13-12-15-8-4-3-5-9-15)23-24-20(25)27-14-19(26)22-17-11-7-6-10-16(17)21/h6-7,10-11,15H,2-5,8-9,12-14H2,1H3,(H,22,26). The van der Waals surface area contributed by atoms with Crippen LogP contribution in [-0.4, -0.2) is 26.4 Å². The van der Waals surface area contributed by atoms with E-state index in [9.17, 15) is 4.79 Å². The fourth-order valence-corrected chi connectivity index (χ4v) is 4.62. The Balaban J connectivity index is 1.53. The van der Waals surface area contributed by atoms with Gasteiger partial charge in [-0.3, -0.25) is 4.79 Å². The zero-order valence-corrected chi connectivity index (χ0v) is 17.4. The zero-order chi connectivity index (χ0) is 19.1. The van der Waals surface area contributed by atoms with Gasteiger partial charge in [-0.15, -0.1) is 10.2 Å². The summed E-state index contributed by atoms with van der Waals surface area (Å²) >= 11 is 7.51. The summed E-state index contributed by atoms with van der Waals surface area (Å²) in [7, 11) is 0. The molecule has 0 bridgehead atoms. The first kappa shape index (κ1) is 20.2. The third kappa shape index (κ3) is 5.72. The number of hydrogen-bond acceptors (Lipinski definition) is 4. The average Bonchev–Trinajstić information content (AvgIpc) is 3.09. The molecule has 0 aliphatic heterocycles. The number of nitrogens with one attached hydrogen (secondary N) is 1. The van der Waals surface area contributed by atoms with E-state index in [1.165, 1.54) is 50.3 Å². The number of aryl methyl sites for hydroxylation is 1. The van der Waals surface area contributed by atoms with Crippen molar-refractivity contribution in [1.82, 2.24) is 14.8 Å². The Bertz CT molecular complexity index is 758. The van der Waals surface area contributed by atoms with Crippen LogP contribution in [0.3, 0.4) is 0 Å². The first-order chi connectivity index (χ1) is 13.2. The monoisotopic (exact) mass is 406 g/mol.